The summed E-state index contributed by atoms with van der Waals surface area (Å²) in [5, 5.41) is 7.91. The lowest BCUT2D eigenvalue weighted by atomic mass is 9.51. The molecule has 12 rings (SSSR count). The van der Waals surface area contributed by atoms with Crippen molar-refractivity contribution < 1.29 is 8.85 Å². The van der Waals surface area contributed by atoms with Gasteiger partial charge < -0.3 is 8.85 Å². The summed E-state index contributed by atoms with van der Waals surface area (Å²) in [6.07, 6.45) is 33.3. The average Bonchev–Trinajstić information content (AvgIpc) is 3.98. The summed E-state index contributed by atoms with van der Waals surface area (Å²) in [4.78, 5) is 0. The van der Waals surface area contributed by atoms with Gasteiger partial charge in [-0.1, -0.05) is 256 Å². The Morgan fingerprint density at radius 1 is 0.324 bits per heavy atom. The van der Waals surface area contributed by atoms with E-state index in [1.165, 1.54) is 82.5 Å². The predicted molar refractivity (Wildman–Crippen MR) is 300 cm³/mol. The number of hydrogen-bond donors (Lipinski definition) is 0. The van der Waals surface area contributed by atoms with E-state index in [1.807, 2.05) is 0 Å². The largest absolute Gasteiger partial charge is 0.404 e. The summed E-state index contributed by atoms with van der Waals surface area (Å²) in [6.45, 7) is 1.42. The van der Waals surface area contributed by atoms with Gasteiger partial charge in [0.1, 0.15) is 0 Å². The first-order valence-corrected chi connectivity index (χ1v) is 31.4. The van der Waals surface area contributed by atoms with Crippen molar-refractivity contribution in [3.05, 3.63) is 231 Å². The third kappa shape index (κ3) is 8.31. The van der Waals surface area contributed by atoms with Crippen LogP contribution in [0.4, 0.5) is 0 Å². The second-order valence-electron chi connectivity index (χ2n) is 22.1. The minimum atomic E-state index is -3.01. The zero-order valence-corrected chi connectivity index (χ0v) is 43.5. The molecule has 10 unspecified atom stereocenters. The summed E-state index contributed by atoms with van der Waals surface area (Å²) >= 11 is 0. The number of fused-ring (bicyclic) bond motifs is 6. The Morgan fingerprint density at radius 3 is 0.859 bits per heavy atom. The summed E-state index contributed by atoms with van der Waals surface area (Å²) in [5.41, 5.74) is -0.0568. The lowest BCUT2D eigenvalue weighted by molar-refractivity contribution is -0.0563. The van der Waals surface area contributed by atoms with E-state index >= 15 is 0 Å². The van der Waals surface area contributed by atoms with Gasteiger partial charge in [0.15, 0.2) is 0 Å². The summed E-state index contributed by atoms with van der Waals surface area (Å²) in [6, 6.07) is 68.0. The molecule has 0 aliphatic heterocycles. The molecule has 2 nitrogen and oxygen atoms in total. The third-order valence-electron chi connectivity index (χ3n) is 19.1. The van der Waals surface area contributed by atoms with Crippen LogP contribution in [0.15, 0.2) is 231 Å². The van der Waals surface area contributed by atoms with Crippen molar-refractivity contribution in [2.45, 2.75) is 64.2 Å². The van der Waals surface area contributed by atoms with Crippen LogP contribution in [-0.4, -0.2) is 29.8 Å². The summed E-state index contributed by atoms with van der Waals surface area (Å²) in [7, 11) is -6.02. The highest BCUT2D eigenvalue weighted by atomic mass is 28.4. The Kier molecular flexibility index (Phi) is 13.6. The highest BCUT2D eigenvalue weighted by Crippen LogP contribution is 2.69. The summed E-state index contributed by atoms with van der Waals surface area (Å²) in [5.74, 6) is 6.06. The van der Waals surface area contributed by atoms with Gasteiger partial charge >= 0.3 is 0 Å². The maximum Gasteiger partial charge on any atom is 0.288 e. The smallest absolute Gasteiger partial charge is 0.288 e. The van der Waals surface area contributed by atoms with Crippen molar-refractivity contribution in [3.63, 3.8) is 0 Å². The Labute approximate surface area is 426 Å². The van der Waals surface area contributed by atoms with Crippen LogP contribution < -0.4 is 31.1 Å². The maximum absolute atomic E-state index is 8.20. The van der Waals surface area contributed by atoms with E-state index in [1.54, 1.807) is 0 Å². The quantitative estimate of drug-likeness (QED) is 0.0711. The first-order valence-electron chi connectivity index (χ1n) is 27.5. The zero-order chi connectivity index (χ0) is 47.5. The van der Waals surface area contributed by atoms with Crippen LogP contribution in [0, 0.1) is 64.6 Å². The normalized spacial score (nSPS) is 27.7. The monoisotopic (exact) mass is 965 g/mol. The standard InChI is InChI=1S/C67H72O2Si2/c1-7-27-51(28-8-1)70(52-29-9-2-10-30-52,53-31-11-3-12-32-53)68-49-47-67(65-61-43-23-19-39-57(61)58-40-20-24-44-62(58)65,66-63-45-25-21-41-59(63)60-42-22-26-46-64(60)66)48-50-69-71(54-33-13-4-14-34-54,55-35-15-5-16-36-55)56-37-17-6-18-38-56/h1-19,21,23,25,27-39,41,43,45,57-66H,20,22,24,26,40,42,44,46-50H2. The van der Waals surface area contributed by atoms with E-state index in [0.29, 0.717) is 60.6 Å². The van der Waals surface area contributed by atoms with Gasteiger partial charge in [-0.25, -0.2) is 0 Å². The van der Waals surface area contributed by atoms with Crippen LogP contribution in [0.2, 0.25) is 0 Å². The number of hydrogen-bond acceptors (Lipinski definition) is 2. The molecule has 0 saturated heterocycles. The van der Waals surface area contributed by atoms with E-state index in [4.69, 9.17) is 8.85 Å². The van der Waals surface area contributed by atoms with Gasteiger partial charge in [0.25, 0.3) is 16.6 Å². The highest BCUT2D eigenvalue weighted by Gasteiger charge is 2.65. The fraction of sp³-hybridized carbons (Fsp3) is 0.343. The van der Waals surface area contributed by atoms with Crippen LogP contribution in [0.25, 0.3) is 0 Å². The molecular weight excluding hydrogens is 893 g/mol. The van der Waals surface area contributed by atoms with Gasteiger partial charge in [0.05, 0.1) is 0 Å². The fourth-order valence-corrected chi connectivity index (χ4v) is 24.4. The second kappa shape index (κ2) is 20.6. The van der Waals surface area contributed by atoms with E-state index in [-0.39, 0.29) is 5.41 Å². The van der Waals surface area contributed by atoms with Crippen molar-refractivity contribution in [2.75, 3.05) is 13.2 Å². The molecule has 0 bridgehead atoms. The molecule has 0 spiro atoms. The van der Waals surface area contributed by atoms with Gasteiger partial charge in [0, 0.05) is 13.2 Å². The molecule has 4 saturated carbocycles. The second-order valence-corrected chi connectivity index (χ2v) is 28.9. The average molecular weight is 965 g/mol. The predicted octanol–water partition coefficient (Wildman–Crippen LogP) is 11.7. The molecule has 0 amide bonds. The van der Waals surface area contributed by atoms with Crippen molar-refractivity contribution in [1.29, 1.82) is 0 Å². The number of benzene rings is 6. The molecule has 4 fully saturated rings. The Hall–Kier alpha value is -5.37. The molecule has 6 aliphatic carbocycles. The lowest BCUT2D eigenvalue weighted by Gasteiger charge is -2.54. The van der Waals surface area contributed by atoms with Gasteiger partial charge in [-0.3, -0.25) is 0 Å². The molecule has 360 valence electrons. The molecule has 6 aromatic rings. The van der Waals surface area contributed by atoms with E-state index in [0.717, 1.165) is 24.7 Å². The third-order valence-corrected chi connectivity index (χ3v) is 27.3. The number of rotatable bonds is 16. The first kappa shape index (κ1) is 46.7. The number of allylic oxidation sites excluding steroid dienone is 8. The van der Waals surface area contributed by atoms with Crippen LogP contribution in [0.1, 0.15) is 64.2 Å². The van der Waals surface area contributed by atoms with Crippen LogP contribution >= 0.6 is 0 Å². The molecule has 0 heterocycles. The van der Waals surface area contributed by atoms with Crippen LogP contribution in [0.3, 0.4) is 0 Å². The van der Waals surface area contributed by atoms with Crippen molar-refractivity contribution >= 4 is 47.8 Å². The highest BCUT2D eigenvalue weighted by molar-refractivity contribution is 7.07. The van der Waals surface area contributed by atoms with E-state index in [9.17, 15) is 0 Å². The maximum atomic E-state index is 8.20. The van der Waals surface area contributed by atoms with Gasteiger partial charge in [0.2, 0.25) is 0 Å². The molecule has 6 aromatic carbocycles. The Bertz CT molecular complexity index is 2400. The fourth-order valence-electron chi connectivity index (χ4n) is 16.6. The van der Waals surface area contributed by atoms with Gasteiger partial charge in [-0.15, -0.1) is 0 Å². The molecular formula is C67H72O2Si2. The first-order chi connectivity index (χ1) is 35.2. The van der Waals surface area contributed by atoms with Crippen LogP contribution in [-0.2, 0) is 8.85 Å². The Balaban J connectivity index is 1.05. The minimum Gasteiger partial charge on any atom is -0.404 e. The van der Waals surface area contributed by atoms with Crippen molar-refractivity contribution in [1.82, 2.24) is 0 Å². The molecule has 0 N–H and O–H groups in total. The SMILES string of the molecule is C1=CC2C(C=C1)C(C(CCO[Si](c1ccccc1)(c1ccccc1)c1ccccc1)(CCO[Si](c1ccccc1)(c1ccccc1)c1ccccc1)C1C3C=CC=CC3C3CCCCC31)C1CCCCC21. The molecule has 71 heavy (non-hydrogen) atoms. The minimum absolute atomic E-state index is 0.0568. The molecule has 6 aliphatic rings. The zero-order valence-electron chi connectivity index (χ0n) is 41.5. The molecule has 0 radical (unpaired) electrons. The lowest BCUT2D eigenvalue weighted by Crippen LogP contribution is -2.69. The van der Waals surface area contributed by atoms with Crippen molar-refractivity contribution in [2.24, 2.45) is 64.6 Å². The topological polar surface area (TPSA) is 18.5 Å². The van der Waals surface area contributed by atoms with Gasteiger partial charge in [-0.05, 0) is 134 Å². The molecule has 0 aromatic heterocycles. The summed E-state index contributed by atoms with van der Waals surface area (Å²) < 4.78 is 16.4. The van der Waals surface area contributed by atoms with E-state index in [2.05, 4.69) is 231 Å². The van der Waals surface area contributed by atoms with E-state index < -0.39 is 16.6 Å². The molecule has 4 heteroatoms. The Morgan fingerprint density at radius 2 is 0.577 bits per heavy atom. The van der Waals surface area contributed by atoms with Crippen LogP contribution in [0.5, 0.6) is 0 Å². The van der Waals surface area contributed by atoms with Crippen molar-refractivity contribution in [3.8, 4) is 0 Å². The molecule has 10 atom stereocenters. The van der Waals surface area contributed by atoms with Gasteiger partial charge in [-0.2, -0.15) is 0 Å².